The van der Waals surface area contributed by atoms with Crippen LogP contribution in [0.2, 0.25) is 0 Å². The molecule has 0 aliphatic carbocycles. The lowest BCUT2D eigenvalue weighted by atomic mass is 10.2. The molecule has 0 saturated heterocycles. The van der Waals surface area contributed by atoms with Crippen LogP contribution in [0.4, 0.5) is 11.5 Å². The highest BCUT2D eigenvalue weighted by molar-refractivity contribution is 7.17. The van der Waals surface area contributed by atoms with E-state index >= 15 is 0 Å². The lowest BCUT2D eigenvalue weighted by Gasteiger charge is -2.07. The number of fused-ring (bicyclic) bond motifs is 2. The first-order valence-corrected chi connectivity index (χ1v) is 7.07. The van der Waals surface area contributed by atoms with Crippen molar-refractivity contribution >= 4 is 43.8 Å². The van der Waals surface area contributed by atoms with Gasteiger partial charge in [0.1, 0.15) is 12.1 Å². The average Bonchev–Trinajstić information content (AvgIpc) is 2.95. The van der Waals surface area contributed by atoms with Gasteiger partial charge in [-0.25, -0.2) is 9.97 Å². The van der Waals surface area contributed by atoms with E-state index in [-0.39, 0.29) is 0 Å². The summed E-state index contributed by atoms with van der Waals surface area (Å²) in [5.41, 5.74) is 1.90. The summed E-state index contributed by atoms with van der Waals surface area (Å²) in [5, 5.41) is 7.59. The Morgan fingerprint density at radius 3 is 3.05 bits per heavy atom. The topological polar surface area (TPSA) is 50.7 Å². The van der Waals surface area contributed by atoms with Crippen LogP contribution in [-0.2, 0) is 0 Å². The van der Waals surface area contributed by atoms with E-state index in [1.165, 1.54) is 10.1 Å². The van der Waals surface area contributed by atoms with E-state index in [2.05, 4.69) is 49.9 Å². The van der Waals surface area contributed by atoms with Gasteiger partial charge in [0.05, 0.1) is 10.9 Å². The molecule has 0 radical (unpaired) electrons. The molecule has 0 unspecified atom stereocenters. The molecule has 20 heavy (non-hydrogen) atoms. The monoisotopic (exact) mass is 278 g/mol. The normalized spacial score (nSPS) is 11.0. The summed E-state index contributed by atoms with van der Waals surface area (Å²) in [6.07, 6.45) is 5.07. The van der Waals surface area contributed by atoms with Crippen LogP contribution in [0.1, 0.15) is 0 Å². The number of anilines is 2. The van der Waals surface area contributed by atoms with Crippen molar-refractivity contribution in [3.8, 4) is 0 Å². The number of nitrogens with one attached hydrogen (secondary N) is 1. The van der Waals surface area contributed by atoms with Crippen LogP contribution in [0, 0.1) is 0 Å². The average molecular weight is 278 g/mol. The second-order valence-electron chi connectivity index (χ2n) is 4.41. The standard InChI is InChI=1S/C15H10N4S/c1-2-14-10(4-6-20-14)7-11(1)19-15-12-8-16-5-3-13(12)17-9-18-15/h1-9H,(H,17,18,19). The molecule has 3 aromatic heterocycles. The predicted molar refractivity (Wildman–Crippen MR) is 82.4 cm³/mol. The molecule has 0 fully saturated rings. The summed E-state index contributed by atoms with van der Waals surface area (Å²) < 4.78 is 1.28. The second kappa shape index (κ2) is 4.54. The fraction of sp³-hybridized carbons (Fsp3) is 0. The smallest absolute Gasteiger partial charge is 0.143 e. The molecule has 0 amide bonds. The molecule has 5 heteroatoms. The highest BCUT2D eigenvalue weighted by Gasteiger charge is 2.04. The Labute approximate surface area is 119 Å². The van der Waals surface area contributed by atoms with Gasteiger partial charge < -0.3 is 5.32 Å². The van der Waals surface area contributed by atoms with E-state index in [0.29, 0.717) is 0 Å². The van der Waals surface area contributed by atoms with Crippen molar-refractivity contribution in [2.45, 2.75) is 0 Å². The number of aromatic nitrogens is 3. The Morgan fingerprint density at radius 2 is 2.05 bits per heavy atom. The molecular formula is C15H10N4S. The van der Waals surface area contributed by atoms with Crippen LogP contribution in [0.25, 0.3) is 21.0 Å². The van der Waals surface area contributed by atoms with Gasteiger partial charge in [-0.2, -0.15) is 0 Å². The summed E-state index contributed by atoms with van der Waals surface area (Å²) in [7, 11) is 0. The molecule has 0 spiro atoms. The minimum Gasteiger partial charge on any atom is -0.340 e. The molecule has 1 N–H and O–H groups in total. The maximum absolute atomic E-state index is 4.31. The van der Waals surface area contributed by atoms with E-state index in [1.807, 2.05) is 6.07 Å². The number of thiophene rings is 1. The van der Waals surface area contributed by atoms with E-state index < -0.39 is 0 Å². The van der Waals surface area contributed by atoms with Crippen molar-refractivity contribution < 1.29 is 0 Å². The molecule has 4 rings (SSSR count). The van der Waals surface area contributed by atoms with Crippen molar-refractivity contribution in [2.24, 2.45) is 0 Å². The maximum atomic E-state index is 4.31. The summed E-state index contributed by atoms with van der Waals surface area (Å²) in [6, 6.07) is 10.3. The van der Waals surface area contributed by atoms with E-state index in [9.17, 15) is 0 Å². The first-order valence-electron chi connectivity index (χ1n) is 6.19. The van der Waals surface area contributed by atoms with Gasteiger partial charge in [0.15, 0.2) is 0 Å². The minimum absolute atomic E-state index is 0.776. The Bertz CT molecular complexity index is 895. The van der Waals surface area contributed by atoms with Crippen molar-refractivity contribution in [1.82, 2.24) is 15.0 Å². The Balaban J connectivity index is 1.80. The molecule has 4 nitrogen and oxygen atoms in total. The molecular weight excluding hydrogens is 268 g/mol. The Morgan fingerprint density at radius 1 is 1.05 bits per heavy atom. The van der Waals surface area contributed by atoms with Gasteiger partial charge in [-0.15, -0.1) is 11.3 Å². The van der Waals surface area contributed by atoms with Crippen LogP contribution in [0.3, 0.4) is 0 Å². The lowest BCUT2D eigenvalue weighted by molar-refractivity contribution is 1.20. The van der Waals surface area contributed by atoms with Crippen LogP contribution in [-0.4, -0.2) is 15.0 Å². The van der Waals surface area contributed by atoms with Crippen LogP contribution in [0.5, 0.6) is 0 Å². The zero-order valence-corrected chi connectivity index (χ0v) is 11.3. The Hall–Kier alpha value is -2.53. The zero-order valence-electron chi connectivity index (χ0n) is 10.4. The molecule has 4 aromatic rings. The summed E-state index contributed by atoms with van der Waals surface area (Å²) >= 11 is 1.74. The van der Waals surface area contributed by atoms with Crippen molar-refractivity contribution in [3.05, 3.63) is 54.4 Å². The van der Waals surface area contributed by atoms with Gasteiger partial charge in [0, 0.05) is 22.8 Å². The van der Waals surface area contributed by atoms with Gasteiger partial charge >= 0.3 is 0 Å². The SMILES string of the molecule is c1cc2ncnc(Nc3ccc4sccc4c3)c2cn1. The third kappa shape index (κ3) is 1.88. The fourth-order valence-corrected chi connectivity index (χ4v) is 2.95. The number of hydrogen-bond donors (Lipinski definition) is 1. The number of pyridine rings is 1. The van der Waals surface area contributed by atoms with Gasteiger partial charge in [0.25, 0.3) is 0 Å². The van der Waals surface area contributed by atoms with E-state index in [1.54, 1.807) is 30.1 Å². The fourth-order valence-electron chi connectivity index (χ4n) is 2.18. The molecule has 0 saturated carbocycles. The zero-order chi connectivity index (χ0) is 13.4. The first kappa shape index (κ1) is 11.3. The molecule has 1 aromatic carbocycles. The molecule has 0 aliphatic heterocycles. The number of nitrogens with zero attached hydrogens (tertiary/aromatic N) is 3. The molecule has 96 valence electrons. The van der Waals surface area contributed by atoms with Gasteiger partial charge in [-0.1, -0.05) is 0 Å². The van der Waals surface area contributed by atoms with Gasteiger partial charge in [-0.05, 0) is 41.1 Å². The largest absolute Gasteiger partial charge is 0.340 e. The highest BCUT2D eigenvalue weighted by atomic mass is 32.1. The quantitative estimate of drug-likeness (QED) is 0.602. The van der Waals surface area contributed by atoms with Crippen LogP contribution in [0.15, 0.2) is 54.4 Å². The van der Waals surface area contributed by atoms with Crippen LogP contribution < -0.4 is 5.32 Å². The summed E-state index contributed by atoms with van der Waals surface area (Å²) in [5.74, 6) is 0.776. The number of benzene rings is 1. The predicted octanol–water partition coefficient (Wildman–Crippen LogP) is 3.98. The van der Waals surface area contributed by atoms with Gasteiger partial charge in [-0.3, -0.25) is 4.98 Å². The highest BCUT2D eigenvalue weighted by Crippen LogP contribution is 2.27. The molecule has 3 heterocycles. The Kier molecular flexibility index (Phi) is 2.57. The second-order valence-corrected chi connectivity index (χ2v) is 5.36. The van der Waals surface area contributed by atoms with Crippen LogP contribution >= 0.6 is 11.3 Å². The van der Waals surface area contributed by atoms with Crippen molar-refractivity contribution in [1.29, 1.82) is 0 Å². The van der Waals surface area contributed by atoms with Gasteiger partial charge in [0.2, 0.25) is 0 Å². The molecule has 0 atom stereocenters. The van der Waals surface area contributed by atoms with E-state index in [0.717, 1.165) is 22.4 Å². The lowest BCUT2D eigenvalue weighted by Crippen LogP contribution is -1.96. The summed E-state index contributed by atoms with van der Waals surface area (Å²) in [6.45, 7) is 0. The maximum Gasteiger partial charge on any atom is 0.143 e. The third-order valence-electron chi connectivity index (χ3n) is 3.15. The number of hydrogen-bond acceptors (Lipinski definition) is 5. The van der Waals surface area contributed by atoms with Crippen molar-refractivity contribution in [3.63, 3.8) is 0 Å². The van der Waals surface area contributed by atoms with E-state index in [4.69, 9.17) is 0 Å². The number of rotatable bonds is 2. The first-order chi connectivity index (χ1) is 9.90. The molecule has 0 bridgehead atoms. The summed E-state index contributed by atoms with van der Waals surface area (Å²) in [4.78, 5) is 12.7. The molecule has 0 aliphatic rings. The minimum atomic E-state index is 0.776. The third-order valence-corrected chi connectivity index (χ3v) is 4.05. The van der Waals surface area contributed by atoms with Crippen molar-refractivity contribution in [2.75, 3.05) is 5.32 Å².